The third-order valence-electron chi connectivity index (χ3n) is 5.86. The molecule has 20 heavy (non-hydrogen) atoms. The van der Waals surface area contributed by atoms with Gasteiger partial charge in [-0.15, -0.1) is 0 Å². The number of ether oxygens (including phenoxy) is 1. The Morgan fingerprint density at radius 3 is 2.70 bits per heavy atom. The van der Waals surface area contributed by atoms with Crippen molar-refractivity contribution in [1.82, 2.24) is 9.80 Å². The molecule has 3 saturated heterocycles. The summed E-state index contributed by atoms with van der Waals surface area (Å²) in [4.78, 5) is 5.59. The van der Waals surface area contributed by atoms with E-state index in [2.05, 4.69) is 30.6 Å². The zero-order chi connectivity index (χ0) is 14.1. The van der Waals surface area contributed by atoms with Gasteiger partial charge in [-0.25, -0.2) is 0 Å². The Morgan fingerprint density at radius 2 is 2.00 bits per heavy atom. The first kappa shape index (κ1) is 14.8. The zero-order valence-electron chi connectivity index (χ0n) is 13.6. The summed E-state index contributed by atoms with van der Waals surface area (Å²) in [5.41, 5.74) is 0. The van der Waals surface area contributed by atoms with Crippen molar-refractivity contribution in [1.29, 1.82) is 0 Å². The maximum atomic E-state index is 5.77. The lowest BCUT2D eigenvalue weighted by atomic mass is 9.90. The fourth-order valence-corrected chi connectivity index (χ4v) is 4.43. The molecule has 0 spiro atoms. The van der Waals surface area contributed by atoms with E-state index < -0.39 is 0 Å². The molecule has 0 amide bonds. The summed E-state index contributed by atoms with van der Waals surface area (Å²) in [6.45, 7) is 13.2. The van der Waals surface area contributed by atoms with Crippen molar-refractivity contribution in [2.45, 2.75) is 64.6 Å². The summed E-state index contributed by atoms with van der Waals surface area (Å²) in [7, 11) is 0. The fraction of sp³-hybridized carbons (Fsp3) is 1.00. The molecular weight excluding hydrogens is 248 g/mol. The van der Waals surface area contributed by atoms with Crippen LogP contribution in [0.3, 0.4) is 0 Å². The van der Waals surface area contributed by atoms with Gasteiger partial charge in [0, 0.05) is 38.3 Å². The molecule has 3 fully saturated rings. The Morgan fingerprint density at radius 1 is 1.15 bits per heavy atom. The molecule has 3 heteroatoms. The van der Waals surface area contributed by atoms with Crippen LogP contribution < -0.4 is 0 Å². The minimum absolute atomic E-state index is 0.465. The quantitative estimate of drug-likeness (QED) is 0.790. The molecule has 3 aliphatic heterocycles. The van der Waals surface area contributed by atoms with E-state index in [0.29, 0.717) is 6.10 Å². The fourth-order valence-electron chi connectivity index (χ4n) is 4.43. The van der Waals surface area contributed by atoms with E-state index in [9.17, 15) is 0 Å². The molecule has 0 N–H and O–H groups in total. The standard InChI is InChI=1S/C17H32N2O/c1-13(2)17-12-18-8-5-4-6-16(18)11-19(17)10-15-7-9-20-14(15)3/h13-17H,4-12H2,1-3H3. The Balaban J connectivity index is 1.66. The number of fused-ring (bicyclic) bond motifs is 1. The van der Waals surface area contributed by atoms with Crippen molar-refractivity contribution in [2.24, 2.45) is 11.8 Å². The van der Waals surface area contributed by atoms with E-state index in [1.54, 1.807) is 0 Å². The molecule has 0 aromatic heterocycles. The van der Waals surface area contributed by atoms with Crippen LogP contribution in [-0.2, 0) is 4.74 Å². The maximum Gasteiger partial charge on any atom is 0.0588 e. The van der Waals surface area contributed by atoms with Gasteiger partial charge in [-0.1, -0.05) is 20.3 Å². The average Bonchev–Trinajstić information content (AvgIpc) is 2.83. The number of piperidine rings is 1. The van der Waals surface area contributed by atoms with Crippen molar-refractivity contribution >= 4 is 0 Å². The van der Waals surface area contributed by atoms with Crippen LogP contribution in [-0.4, -0.2) is 60.8 Å². The molecule has 0 aliphatic carbocycles. The summed E-state index contributed by atoms with van der Waals surface area (Å²) in [6, 6.07) is 1.58. The van der Waals surface area contributed by atoms with E-state index in [1.807, 2.05) is 0 Å². The Hall–Kier alpha value is -0.120. The third kappa shape index (κ3) is 3.05. The van der Waals surface area contributed by atoms with E-state index in [1.165, 1.54) is 51.9 Å². The first-order chi connectivity index (χ1) is 9.65. The minimum atomic E-state index is 0.465. The Kier molecular flexibility index (Phi) is 4.68. The number of rotatable bonds is 3. The Bertz CT molecular complexity index is 320. The van der Waals surface area contributed by atoms with Gasteiger partial charge in [0.2, 0.25) is 0 Å². The second kappa shape index (κ2) is 6.33. The molecule has 116 valence electrons. The first-order valence-corrected chi connectivity index (χ1v) is 8.75. The molecule has 0 bridgehead atoms. The molecule has 3 rings (SSSR count). The molecule has 3 nitrogen and oxygen atoms in total. The molecule has 4 atom stereocenters. The monoisotopic (exact) mass is 280 g/mol. The second-order valence-electron chi connectivity index (χ2n) is 7.53. The van der Waals surface area contributed by atoms with E-state index in [-0.39, 0.29) is 0 Å². The maximum absolute atomic E-state index is 5.77. The molecular formula is C17H32N2O. The largest absolute Gasteiger partial charge is 0.378 e. The Labute approximate surface area is 124 Å². The zero-order valence-corrected chi connectivity index (χ0v) is 13.6. The number of hydrogen-bond acceptors (Lipinski definition) is 3. The highest BCUT2D eigenvalue weighted by Crippen LogP contribution is 2.30. The molecule has 0 radical (unpaired) electrons. The van der Waals surface area contributed by atoms with Crippen LogP contribution in [0.1, 0.15) is 46.5 Å². The van der Waals surface area contributed by atoms with Crippen LogP contribution in [0.5, 0.6) is 0 Å². The van der Waals surface area contributed by atoms with Crippen LogP contribution in [0.4, 0.5) is 0 Å². The van der Waals surface area contributed by atoms with Crippen molar-refractivity contribution < 1.29 is 4.74 Å². The van der Waals surface area contributed by atoms with Crippen LogP contribution in [0.2, 0.25) is 0 Å². The molecule has 0 aromatic carbocycles. The highest BCUT2D eigenvalue weighted by atomic mass is 16.5. The summed E-state index contributed by atoms with van der Waals surface area (Å²) in [6.07, 6.45) is 5.99. The van der Waals surface area contributed by atoms with Crippen LogP contribution >= 0.6 is 0 Å². The van der Waals surface area contributed by atoms with Gasteiger partial charge in [-0.3, -0.25) is 9.80 Å². The average molecular weight is 280 g/mol. The van der Waals surface area contributed by atoms with Crippen LogP contribution in [0.25, 0.3) is 0 Å². The number of hydrogen-bond donors (Lipinski definition) is 0. The SMILES string of the molecule is CC(C)C1CN2CCCCC2CN1CC1CCOC1C. The predicted octanol–water partition coefficient (Wildman–Crippen LogP) is 2.61. The summed E-state index contributed by atoms with van der Waals surface area (Å²) < 4.78 is 5.77. The van der Waals surface area contributed by atoms with Gasteiger partial charge < -0.3 is 4.74 Å². The second-order valence-corrected chi connectivity index (χ2v) is 7.53. The molecule has 0 aromatic rings. The smallest absolute Gasteiger partial charge is 0.0588 e. The van der Waals surface area contributed by atoms with Gasteiger partial charge >= 0.3 is 0 Å². The molecule has 4 unspecified atom stereocenters. The lowest BCUT2D eigenvalue weighted by molar-refractivity contribution is -0.0200. The number of piperazine rings is 1. The van der Waals surface area contributed by atoms with Gasteiger partial charge in [0.1, 0.15) is 0 Å². The van der Waals surface area contributed by atoms with Crippen molar-refractivity contribution in [3.05, 3.63) is 0 Å². The van der Waals surface area contributed by atoms with Gasteiger partial charge in [0.05, 0.1) is 6.10 Å². The highest BCUT2D eigenvalue weighted by Gasteiger charge is 2.38. The lowest BCUT2D eigenvalue weighted by Gasteiger charge is -2.50. The van der Waals surface area contributed by atoms with Gasteiger partial charge in [0.15, 0.2) is 0 Å². The first-order valence-electron chi connectivity index (χ1n) is 8.75. The van der Waals surface area contributed by atoms with Crippen LogP contribution in [0, 0.1) is 11.8 Å². The predicted molar refractivity (Wildman–Crippen MR) is 82.9 cm³/mol. The lowest BCUT2D eigenvalue weighted by Crippen LogP contribution is -2.61. The molecule has 0 saturated carbocycles. The van der Waals surface area contributed by atoms with E-state index in [0.717, 1.165) is 30.5 Å². The van der Waals surface area contributed by atoms with Crippen molar-refractivity contribution in [3.8, 4) is 0 Å². The van der Waals surface area contributed by atoms with E-state index >= 15 is 0 Å². The molecule has 3 heterocycles. The third-order valence-corrected chi connectivity index (χ3v) is 5.86. The van der Waals surface area contributed by atoms with Crippen molar-refractivity contribution in [2.75, 3.05) is 32.8 Å². The highest BCUT2D eigenvalue weighted by molar-refractivity contribution is 4.93. The normalized spacial score (nSPS) is 40.2. The minimum Gasteiger partial charge on any atom is -0.378 e. The van der Waals surface area contributed by atoms with Crippen LogP contribution in [0.15, 0.2) is 0 Å². The summed E-state index contributed by atoms with van der Waals surface area (Å²) >= 11 is 0. The molecule has 3 aliphatic rings. The topological polar surface area (TPSA) is 15.7 Å². The summed E-state index contributed by atoms with van der Waals surface area (Å²) in [5.74, 6) is 1.52. The van der Waals surface area contributed by atoms with Gasteiger partial charge in [-0.2, -0.15) is 0 Å². The van der Waals surface area contributed by atoms with E-state index in [4.69, 9.17) is 4.74 Å². The van der Waals surface area contributed by atoms with Crippen molar-refractivity contribution in [3.63, 3.8) is 0 Å². The number of nitrogens with zero attached hydrogens (tertiary/aromatic N) is 2. The van der Waals surface area contributed by atoms with Gasteiger partial charge in [-0.05, 0) is 44.6 Å². The summed E-state index contributed by atoms with van der Waals surface area (Å²) in [5, 5.41) is 0. The van der Waals surface area contributed by atoms with Gasteiger partial charge in [0.25, 0.3) is 0 Å².